The van der Waals surface area contributed by atoms with E-state index in [0.29, 0.717) is 17.3 Å². The van der Waals surface area contributed by atoms with Crippen molar-refractivity contribution in [2.24, 2.45) is 0 Å². The molecule has 5 nitrogen and oxygen atoms in total. The molecule has 0 aliphatic carbocycles. The van der Waals surface area contributed by atoms with Crippen molar-refractivity contribution in [3.05, 3.63) is 59.8 Å². The molecule has 128 valence electrons. The molecule has 0 aliphatic heterocycles. The summed E-state index contributed by atoms with van der Waals surface area (Å²) >= 11 is 0. The van der Waals surface area contributed by atoms with E-state index in [1.807, 2.05) is 55.5 Å². The zero-order chi connectivity index (χ0) is 17.8. The number of rotatable bonds is 5. The minimum Gasteiger partial charge on any atom is -0.493 e. The van der Waals surface area contributed by atoms with Crippen LogP contribution in [0, 0.1) is 6.92 Å². The van der Waals surface area contributed by atoms with Crippen LogP contribution in [0.15, 0.2) is 48.5 Å². The number of hydrogen-bond donors (Lipinski definition) is 1. The van der Waals surface area contributed by atoms with Crippen LogP contribution < -0.4 is 9.47 Å². The van der Waals surface area contributed by atoms with Crippen molar-refractivity contribution in [2.45, 2.75) is 13.5 Å². The van der Waals surface area contributed by atoms with E-state index in [1.54, 1.807) is 14.2 Å². The number of ether oxygens (including phenoxy) is 2. The second-order valence-corrected chi connectivity index (χ2v) is 5.55. The fourth-order valence-corrected chi connectivity index (χ4v) is 2.72. The van der Waals surface area contributed by atoms with Gasteiger partial charge in [-0.3, -0.25) is 0 Å². The zero-order valence-corrected chi connectivity index (χ0v) is 14.5. The number of aliphatic hydroxyl groups excluding tert-OH is 1. The quantitative estimate of drug-likeness (QED) is 0.771. The molecule has 25 heavy (non-hydrogen) atoms. The Hall–Kier alpha value is -2.92. The summed E-state index contributed by atoms with van der Waals surface area (Å²) < 4.78 is 10.6. The van der Waals surface area contributed by atoms with E-state index >= 15 is 0 Å². The van der Waals surface area contributed by atoms with Gasteiger partial charge >= 0.3 is 0 Å². The maximum Gasteiger partial charge on any atom is 0.161 e. The molecule has 1 N–H and O–H groups in total. The van der Waals surface area contributed by atoms with Gasteiger partial charge in [0.25, 0.3) is 0 Å². The summed E-state index contributed by atoms with van der Waals surface area (Å²) in [5.74, 6) is 1.85. The van der Waals surface area contributed by atoms with Gasteiger partial charge in [0.15, 0.2) is 17.3 Å². The Kier molecular flexibility index (Phi) is 4.95. The van der Waals surface area contributed by atoms with Gasteiger partial charge in [-0.25, -0.2) is 9.97 Å². The molecule has 1 heterocycles. The molecule has 1 aromatic heterocycles. The first kappa shape index (κ1) is 16.9. The number of aromatic nitrogens is 2. The van der Waals surface area contributed by atoms with Gasteiger partial charge in [0.2, 0.25) is 0 Å². The van der Waals surface area contributed by atoms with Crippen molar-refractivity contribution in [3.63, 3.8) is 0 Å². The Morgan fingerprint density at radius 1 is 0.880 bits per heavy atom. The van der Waals surface area contributed by atoms with Crippen LogP contribution in [0.1, 0.15) is 11.3 Å². The molecule has 0 saturated carbocycles. The summed E-state index contributed by atoms with van der Waals surface area (Å²) in [5.41, 5.74) is 3.98. The van der Waals surface area contributed by atoms with Crippen molar-refractivity contribution in [1.29, 1.82) is 0 Å². The van der Waals surface area contributed by atoms with Gasteiger partial charge in [-0.15, -0.1) is 0 Å². The first-order valence-electron chi connectivity index (χ1n) is 7.94. The highest BCUT2D eigenvalue weighted by Gasteiger charge is 2.15. The Labute approximate surface area is 146 Å². The van der Waals surface area contributed by atoms with Crippen molar-refractivity contribution in [2.75, 3.05) is 14.2 Å². The number of benzene rings is 2. The maximum atomic E-state index is 9.76. The third kappa shape index (κ3) is 3.32. The average molecular weight is 336 g/mol. The third-order valence-corrected chi connectivity index (χ3v) is 4.06. The standard InChI is InChI=1S/C20H20N2O3/c1-13-16(12-23)19(14-7-5-4-6-8-14)22-20(21-13)15-9-10-17(24-2)18(11-15)25-3/h4-11,23H,12H2,1-3H3. The molecule has 0 aliphatic rings. The normalized spacial score (nSPS) is 10.6. The Bertz CT molecular complexity index is 880. The summed E-state index contributed by atoms with van der Waals surface area (Å²) in [5, 5.41) is 9.76. The molecule has 0 radical (unpaired) electrons. The van der Waals surface area contributed by atoms with Crippen LogP contribution in [0.3, 0.4) is 0 Å². The second-order valence-electron chi connectivity index (χ2n) is 5.55. The first-order chi connectivity index (χ1) is 12.2. The molecule has 2 aromatic carbocycles. The second kappa shape index (κ2) is 7.32. The van der Waals surface area contributed by atoms with Gasteiger partial charge in [-0.2, -0.15) is 0 Å². The van der Waals surface area contributed by atoms with Crippen molar-refractivity contribution >= 4 is 0 Å². The number of hydrogen-bond acceptors (Lipinski definition) is 5. The van der Waals surface area contributed by atoms with E-state index < -0.39 is 0 Å². The lowest BCUT2D eigenvalue weighted by molar-refractivity contribution is 0.280. The van der Waals surface area contributed by atoms with Gasteiger partial charge in [0.05, 0.1) is 26.5 Å². The van der Waals surface area contributed by atoms with Gasteiger partial charge in [-0.05, 0) is 25.1 Å². The van der Waals surface area contributed by atoms with E-state index in [0.717, 1.165) is 28.1 Å². The van der Waals surface area contributed by atoms with Crippen molar-refractivity contribution in [1.82, 2.24) is 9.97 Å². The molecule has 0 bridgehead atoms. The fraction of sp³-hybridized carbons (Fsp3) is 0.200. The van der Waals surface area contributed by atoms with E-state index in [4.69, 9.17) is 14.5 Å². The average Bonchev–Trinajstić information content (AvgIpc) is 2.67. The Morgan fingerprint density at radius 2 is 1.60 bits per heavy atom. The summed E-state index contributed by atoms with van der Waals surface area (Å²) in [6.45, 7) is 1.77. The predicted octanol–water partition coefficient (Wildman–Crippen LogP) is 3.63. The van der Waals surface area contributed by atoms with Gasteiger partial charge < -0.3 is 14.6 Å². The molecular formula is C20H20N2O3. The minimum absolute atomic E-state index is 0.109. The number of aryl methyl sites for hydroxylation is 1. The van der Waals surface area contributed by atoms with Crippen LogP contribution in [0.4, 0.5) is 0 Å². The van der Waals surface area contributed by atoms with Crippen molar-refractivity contribution < 1.29 is 14.6 Å². The molecule has 0 atom stereocenters. The smallest absolute Gasteiger partial charge is 0.161 e. The molecule has 3 rings (SSSR count). The largest absolute Gasteiger partial charge is 0.493 e. The molecule has 0 spiro atoms. The van der Waals surface area contributed by atoms with E-state index in [9.17, 15) is 5.11 Å². The van der Waals surface area contributed by atoms with Gasteiger partial charge in [-0.1, -0.05) is 30.3 Å². The Balaban J connectivity index is 2.17. The number of nitrogens with zero attached hydrogens (tertiary/aromatic N) is 2. The summed E-state index contributed by atoms with van der Waals surface area (Å²) in [7, 11) is 3.19. The number of methoxy groups -OCH3 is 2. The SMILES string of the molecule is COc1ccc(-c2nc(C)c(CO)c(-c3ccccc3)n2)cc1OC. The van der Waals surface area contributed by atoms with Crippen LogP contribution in [-0.2, 0) is 6.61 Å². The van der Waals surface area contributed by atoms with E-state index in [1.165, 1.54) is 0 Å². The topological polar surface area (TPSA) is 64.5 Å². The zero-order valence-electron chi connectivity index (χ0n) is 14.5. The minimum atomic E-state index is -0.109. The third-order valence-electron chi connectivity index (χ3n) is 4.06. The highest BCUT2D eigenvalue weighted by molar-refractivity contribution is 5.69. The number of aliphatic hydroxyl groups is 1. The fourth-order valence-electron chi connectivity index (χ4n) is 2.72. The molecule has 0 amide bonds. The maximum absolute atomic E-state index is 9.76. The lowest BCUT2D eigenvalue weighted by Gasteiger charge is -2.13. The highest BCUT2D eigenvalue weighted by atomic mass is 16.5. The van der Waals surface area contributed by atoms with Crippen molar-refractivity contribution in [3.8, 4) is 34.1 Å². The van der Waals surface area contributed by atoms with E-state index in [2.05, 4.69) is 4.98 Å². The van der Waals surface area contributed by atoms with Crippen LogP contribution in [-0.4, -0.2) is 29.3 Å². The summed E-state index contributed by atoms with van der Waals surface area (Å²) in [6, 6.07) is 15.4. The molecule has 0 saturated heterocycles. The van der Waals surface area contributed by atoms with Crippen LogP contribution >= 0.6 is 0 Å². The molecule has 0 unspecified atom stereocenters. The highest BCUT2D eigenvalue weighted by Crippen LogP contribution is 2.33. The molecule has 0 fully saturated rings. The molecular weight excluding hydrogens is 316 g/mol. The lowest BCUT2D eigenvalue weighted by atomic mass is 10.0. The molecule has 3 aromatic rings. The monoisotopic (exact) mass is 336 g/mol. The summed E-state index contributed by atoms with van der Waals surface area (Å²) in [4.78, 5) is 9.27. The summed E-state index contributed by atoms with van der Waals surface area (Å²) in [6.07, 6.45) is 0. The van der Waals surface area contributed by atoms with Gasteiger partial charge in [0, 0.05) is 22.4 Å². The van der Waals surface area contributed by atoms with Gasteiger partial charge in [0.1, 0.15) is 0 Å². The van der Waals surface area contributed by atoms with Crippen LogP contribution in [0.25, 0.3) is 22.6 Å². The first-order valence-corrected chi connectivity index (χ1v) is 7.94. The van der Waals surface area contributed by atoms with E-state index in [-0.39, 0.29) is 6.61 Å². The Morgan fingerprint density at radius 3 is 2.24 bits per heavy atom. The predicted molar refractivity (Wildman–Crippen MR) is 96.7 cm³/mol. The lowest BCUT2D eigenvalue weighted by Crippen LogP contribution is -2.03. The van der Waals surface area contributed by atoms with Crippen LogP contribution in [0.2, 0.25) is 0 Å². The van der Waals surface area contributed by atoms with Crippen LogP contribution in [0.5, 0.6) is 11.5 Å². The molecule has 5 heteroatoms.